The largest absolute Gasteiger partial charge is 0.356 e. The Hall–Kier alpha value is -1.59. The predicted octanol–water partition coefficient (Wildman–Crippen LogP) is 0.970. The van der Waals surface area contributed by atoms with Crippen molar-refractivity contribution in [2.75, 3.05) is 13.1 Å². The molecule has 0 saturated heterocycles. The van der Waals surface area contributed by atoms with Crippen LogP contribution in [0.4, 0.5) is 0 Å². The van der Waals surface area contributed by atoms with Gasteiger partial charge in [0.25, 0.3) is 0 Å². The lowest BCUT2D eigenvalue weighted by Gasteiger charge is -2.06. The highest BCUT2D eigenvalue weighted by molar-refractivity contribution is 5.85. The smallest absolute Gasteiger partial charge is 0.222 e. The minimum atomic E-state index is -0.0667. The minimum absolute atomic E-state index is 0. The lowest BCUT2D eigenvalue weighted by molar-refractivity contribution is -0.122. The average molecular weight is 300 g/mol. The fourth-order valence-corrected chi connectivity index (χ4v) is 1.55. The molecule has 0 heterocycles. The number of carbonyl (C=O) groups is 2. The summed E-state index contributed by atoms with van der Waals surface area (Å²) in [5, 5.41) is 5.50. The average Bonchev–Trinajstić information content (AvgIpc) is 2.44. The number of benzene rings is 1. The zero-order chi connectivity index (χ0) is 13.9. The van der Waals surface area contributed by atoms with E-state index in [2.05, 4.69) is 10.6 Å². The van der Waals surface area contributed by atoms with E-state index in [1.54, 1.807) is 0 Å². The van der Waals surface area contributed by atoms with Crippen LogP contribution in [0.25, 0.3) is 0 Å². The Morgan fingerprint density at radius 1 is 1.00 bits per heavy atom. The first-order valence-electron chi connectivity index (χ1n) is 6.49. The van der Waals surface area contributed by atoms with Crippen molar-refractivity contribution in [2.45, 2.75) is 25.8 Å². The summed E-state index contributed by atoms with van der Waals surface area (Å²) in [6.07, 6.45) is 1.38. The zero-order valence-electron chi connectivity index (χ0n) is 11.4. The molecule has 0 aliphatic heterocycles. The minimum Gasteiger partial charge on any atom is -0.356 e. The predicted molar refractivity (Wildman–Crippen MR) is 81.5 cm³/mol. The highest BCUT2D eigenvalue weighted by Gasteiger charge is 2.03. The maximum absolute atomic E-state index is 11.5. The molecular weight excluding hydrogens is 278 g/mol. The zero-order valence-corrected chi connectivity index (χ0v) is 12.2. The molecule has 0 fully saturated rings. The SMILES string of the molecule is Cl.NCCCC(=O)NCCC(=O)NCc1ccccc1. The van der Waals surface area contributed by atoms with Gasteiger partial charge in [0.1, 0.15) is 0 Å². The number of hydrogen-bond donors (Lipinski definition) is 3. The van der Waals surface area contributed by atoms with E-state index < -0.39 is 0 Å². The molecule has 4 N–H and O–H groups in total. The van der Waals surface area contributed by atoms with E-state index in [-0.39, 0.29) is 24.2 Å². The van der Waals surface area contributed by atoms with E-state index in [0.717, 1.165) is 5.56 Å². The van der Waals surface area contributed by atoms with Gasteiger partial charge in [-0.15, -0.1) is 12.4 Å². The van der Waals surface area contributed by atoms with Crippen LogP contribution in [-0.4, -0.2) is 24.9 Å². The summed E-state index contributed by atoms with van der Waals surface area (Å²) in [5.74, 6) is -0.121. The molecule has 1 rings (SSSR count). The first-order valence-corrected chi connectivity index (χ1v) is 6.49. The lowest BCUT2D eigenvalue weighted by Crippen LogP contribution is -2.30. The van der Waals surface area contributed by atoms with Crippen molar-refractivity contribution < 1.29 is 9.59 Å². The molecule has 20 heavy (non-hydrogen) atoms. The molecule has 1 aromatic carbocycles. The molecule has 5 nitrogen and oxygen atoms in total. The molecule has 0 saturated carbocycles. The van der Waals surface area contributed by atoms with E-state index in [1.807, 2.05) is 30.3 Å². The molecular formula is C14H22ClN3O2. The first-order chi connectivity index (χ1) is 9.22. The summed E-state index contributed by atoms with van der Waals surface area (Å²) in [4.78, 5) is 22.8. The van der Waals surface area contributed by atoms with Crippen LogP contribution in [0.5, 0.6) is 0 Å². The molecule has 0 bridgehead atoms. The summed E-state index contributed by atoms with van der Waals surface area (Å²) in [6, 6.07) is 9.70. The van der Waals surface area contributed by atoms with Crippen LogP contribution in [0.1, 0.15) is 24.8 Å². The number of halogens is 1. The summed E-state index contributed by atoms with van der Waals surface area (Å²) >= 11 is 0. The molecule has 0 atom stereocenters. The highest BCUT2D eigenvalue weighted by Crippen LogP contribution is 1.97. The third-order valence-electron chi connectivity index (χ3n) is 2.61. The quantitative estimate of drug-likeness (QED) is 0.669. The number of hydrogen-bond acceptors (Lipinski definition) is 3. The molecule has 112 valence electrons. The van der Waals surface area contributed by atoms with Gasteiger partial charge >= 0.3 is 0 Å². The van der Waals surface area contributed by atoms with Gasteiger partial charge < -0.3 is 16.4 Å². The van der Waals surface area contributed by atoms with Crippen LogP contribution in [0.15, 0.2) is 30.3 Å². The second-order valence-electron chi connectivity index (χ2n) is 4.25. The lowest BCUT2D eigenvalue weighted by atomic mass is 10.2. The number of amides is 2. The van der Waals surface area contributed by atoms with Crippen LogP contribution in [0.2, 0.25) is 0 Å². The molecule has 1 aromatic rings. The Balaban J connectivity index is 0.00000361. The fourth-order valence-electron chi connectivity index (χ4n) is 1.55. The number of carbonyl (C=O) groups excluding carboxylic acids is 2. The van der Waals surface area contributed by atoms with Crippen molar-refractivity contribution in [1.82, 2.24) is 10.6 Å². The van der Waals surface area contributed by atoms with Crippen molar-refractivity contribution in [2.24, 2.45) is 5.73 Å². The van der Waals surface area contributed by atoms with Crippen molar-refractivity contribution >= 4 is 24.2 Å². The number of nitrogens with one attached hydrogen (secondary N) is 2. The maximum Gasteiger partial charge on any atom is 0.222 e. The van der Waals surface area contributed by atoms with E-state index in [1.165, 1.54) is 0 Å². The van der Waals surface area contributed by atoms with Crippen molar-refractivity contribution in [3.63, 3.8) is 0 Å². The van der Waals surface area contributed by atoms with Gasteiger partial charge in [0.2, 0.25) is 11.8 Å². The van der Waals surface area contributed by atoms with E-state index >= 15 is 0 Å². The summed E-state index contributed by atoms with van der Waals surface area (Å²) < 4.78 is 0. The standard InChI is InChI=1S/C14H21N3O2.ClH/c15-9-4-7-13(18)16-10-8-14(19)17-11-12-5-2-1-3-6-12;/h1-3,5-6H,4,7-11,15H2,(H,16,18)(H,17,19);1H. The van der Waals surface area contributed by atoms with Crippen LogP contribution >= 0.6 is 12.4 Å². The second-order valence-corrected chi connectivity index (χ2v) is 4.25. The van der Waals surface area contributed by atoms with E-state index in [0.29, 0.717) is 38.9 Å². The molecule has 0 spiro atoms. The molecule has 0 aliphatic rings. The van der Waals surface area contributed by atoms with Gasteiger partial charge in [-0.25, -0.2) is 0 Å². The van der Waals surface area contributed by atoms with Gasteiger partial charge in [0.15, 0.2) is 0 Å². The van der Waals surface area contributed by atoms with Crippen LogP contribution in [0, 0.1) is 0 Å². The maximum atomic E-state index is 11.5. The first kappa shape index (κ1) is 18.4. The summed E-state index contributed by atoms with van der Waals surface area (Å²) in [5.41, 5.74) is 6.36. The monoisotopic (exact) mass is 299 g/mol. The van der Waals surface area contributed by atoms with Gasteiger partial charge in [-0.3, -0.25) is 9.59 Å². The Morgan fingerprint density at radius 2 is 1.65 bits per heavy atom. The molecule has 6 heteroatoms. The number of nitrogens with two attached hydrogens (primary N) is 1. The summed E-state index contributed by atoms with van der Waals surface area (Å²) in [6.45, 7) is 1.38. The van der Waals surface area contributed by atoms with Gasteiger partial charge in [0.05, 0.1) is 0 Å². The van der Waals surface area contributed by atoms with Crippen LogP contribution < -0.4 is 16.4 Å². The Labute approximate surface area is 125 Å². The van der Waals surface area contributed by atoms with Crippen molar-refractivity contribution in [3.8, 4) is 0 Å². The van der Waals surface area contributed by atoms with Gasteiger partial charge in [-0.1, -0.05) is 30.3 Å². The third-order valence-corrected chi connectivity index (χ3v) is 2.61. The second kappa shape index (κ2) is 11.3. The van der Waals surface area contributed by atoms with Gasteiger partial charge in [-0.05, 0) is 18.5 Å². The highest BCUT2D eigenvalue weighted by atomic mass is 35.5. The summed E-state index contributed by atoms with van der Waals surface area (Å²) in [7, 11) is 0. The fraction of sp³-hybridized carbons (Fsp3) is 0.429. The normalized spacial score (nSPS) is 9.45. The Kier molecular flexibility index (Phi) is 10.4. The molecule has 0 aliphatic carbocycles. The van der Waals surface area contributed by atoms with Crippen LogP contribution in [0.3, 0.4) is 0 Å². The van der Waals surface area contributed by atoms with Crippen molar-refractivity contribution in [1.29, 1.82) is 0 Å². The van der Waals surface area contributed by atoms with E-state index in [9.17, 15) is 9.59 Å². The topological polar surface area (TPSA) is 84.2 Å². The molecule has 0 unspecified atom stereocenters. The molecule has 2 amide bonds. The van der Waals surface area contributed by atoms with Crippen LogP contribution in [-0.2, 0) is 16.1 Å². The Bertz CT molecular complexity index is 399. The van der Waals surface area contributed by atoms with E-state index in [4.69, 9.17) is 5.73 Å². The van der Waals surface area contributed by atoms with Crippen molar-refractivity contribution in [3.05, 3.63) is 35.9 Å². The van der Waals surface area contributed by atoms with Gasteiger partial charge in [-0.2, -0.15) is 0 Å². The third kappa shape index (κ3) is 8.50. The molecule has 0 aromatic heterocycles. The Morgan fingerprint density at radius 3 is 2.30 bits per heavy atom. The molecule has 0 radical (unpaired) electrons. The number of rotatable bonds is 8. The van der Waals surface area contributed by atoms with Gasteiger partial charge in [0, 0.05) is 25.9 Å².